The van der Waals surface area contributed by atoms with Crippen molar-refractivity contribution in [2.75, 3.05) is 0 Å². The standard InChI is InChI=1S/C15H22N4S/c1-5-13(16)9-12-8-10(2)6-7-14(12)20-15-18-17-11(3)19(15)4/h6-8,13H,5,9,16H2,1-4H3. The molecule has 0 aliphatic heterocycles. The van der Waals surface area contributed by atoms with E-state index in [0.717, 1.165) is 23.8 Å². The molecule has 0 amide bonds. The van der Waals surface area contributed by atoms with Crippen LogP contribution >= 0.6 is 11.8 Å². The van der Waals surface area contributed by atoms with E-state index in [1.165, 1.54) is 16.0 Å². The molecule has 108 valence electrons. The maximum atomic E-state index is 6.11. The molecule has 2 rings (SSSR count). The zero-order chi connectivity index (χ0) is 14.7. The highest BCUT2D eigenvalue weighted by Crippen LogP contribution is 2.30. The summed E-state index contributed by atoms with van der Waals surface area (Å²) in [6, 6.07) is 6.72. The first-order chi connectivity index (χ1) is 9.51. The molecule has 2 N–H and O–H groups in total. The first-order valence-electron chi connectivity index (χ1n) is 6.90. The summed E-state index contributed by atoms with van der Waals surface area (Å²) in [6.45, 7) is 6.20. The van der Waals surface area contributed by atoms with E-state index in [1.54, 1.807) is 11.8 Å². The molecule has 1 atom stereocenters. The van der Waals surface area contributed by atoms with Gasteiger partial charge in [0.1, 0.15) is 5.82 Å². The van der Waals surface area contributed by atoms with Gasteiger partial charge in [-0.2, -0.15) is 0 Å². The lowest BCUT2D eigenvalue weighted by molar-refractivity contribution is 0.640. The third-order valence-corrected chi connectivity index (χ3v) is 4.63. The Balaban J connectivity index is 2.28. The number of hydrogen-bond donors (Lipinski definition) is 1. The lowest BCUT2D eigenvalue weighted by Crippen LogP contribution is -2.21. The fraction of sp³-hybridized carbons (Fsp3) is 0.467. The van der Waals surface area contributed by atoms with Gasteiger partial charge in [-0.05, 0) is 50.1 Å². The van der Waals surface area contributed by atoms with Gasteiger partial charge in [0.05, 0.1) is 0 Å². The quantitative estimate of drug-likeness (QED) is 0.920. The van der Waals surface area contributed by atoms with Crippen molar-refractivity contribution in [3.8, 4) is 0 Å². The highest BCUT2D eigenvalue weighted by molar-refractivity contribution is 7.99. The van der Waals surface area contributed by atoms with Crippen molar-refractivity contribution in [3.63, 3.8) is 0 Å². The molecule has 0 bridgehead atoms. The lowest BCUT2D eigenvalue weighted by atomic mass is 10.0. The van der Waals surface area contributed by atoms with Crippen LogP contribution in [0.3, 0.4) is 0 Å². The molecule has 0 fully saturated rings. The van der Waals surface area contributed by atoms with E-state index in [4.69, 9.17) is 5.73 Å². The SMILES string of the molecule is CCC(N)Cc1cc(C)ccc1Sc1nnc(C)n1C. The van der Waals surface area contributed by atoms with E-state index in [9.17, 15) is 0 Å². The number of nitrogens with zero attached hydrogens (tertiary/aromatic N) is 3. The summed E-state index contributed by atoms with van der Waals surface area (Å²) in [6.07, 6.45) is 1.89. The van der Waals surface area contributed by atoms with E-state index in [2.05, 4.69) is 42.2 Å². The molecule has 1 aromatic carbocycles. The van der Waals surface area contributed by atoms with E-state index in [0.29, 0.717) is 0 Å². The van der Waals surface area contributed by atoms with Gasteiger partial charge >= 0.3 is 0 Å². The summed E-state index contributed by atoms with van der Waals surface area (Å²) in [5.41, 5.74) is 8.67. The molecule has 0 aliphatic rings. The molecule has 2 aromatic rings. The van der Waals surface area contributed by atoms with Gasteiger partial charge in [0, 0.05) is 18.0 Å². The van der Waals surface area contributed by atoms with Crippen molar-refractivity contribution in [2.24, 2.45) is 12.8 Å². The smallest absolute Gasteiger partial charge is 0.195 e. The van der Waals surface area contributed by atoms with E-state index >= 15 is 0 Å². The average molecular weight is 290 g/mol. The molecule has 1 heterocycles. The van der Waals surface area contributed by atoms with Crippen LogP contribution in [0.2, 0.25) is 0 Å². The minimum atomic E-state index is 0.206. The van der Waals surface area contributed by atoms with Crippen LogP contribution in [0.25, 0.3) is 0 Å². The van der Waals surface area contributed by atoms with Crippen LogP contribution in [0.4, 0.5) is 0 Å². The molecular weight excluding hydrogens is 268 g/mol. The molecule has 20 heavy (non-hydrogen) atoms. The number of benzene rings is 1. The molecule has 0 saturated carbocycles. The highest BCUT2D eigenvalue weighted by atomic mass is 32.2. The monoisotopic (exact) mass is 290 g/mol. The molecule has 5 heteroatoms. The summed E-state index contributed by atoms with van der Waals surface area (Å²) in [4.78, 5) is 1.22. The van der Waals surface area contributed by atoms with Gasteiger partial charge in [-0.25, -0.2) is 0 Å². The predicted molar refractivity (Wildman–Crippen MR) is 83.0 cm³/mol. The maximum absolute atomic E-state index is 6.11. The lowest BCUT2D eigenvalue weighted by Gasteiger charge is -2.13. The van der Waals surface area contributed by atoms with Gasteiger partial charge in [-0.3, -0.25) is 0 Å². The van der Waals surface area contributed by atoms with Gasteiger partial charge in [0.15, 0.2) is 5.16 Å². The zero-order valence-electron chi connectivity index (χ0n) is 12.6. The molecule has 1 unspecified atom stereocenters. The minimum Gasteiger partial charge on any atom is -0.327 e. The summed E-state index contributed by atoms with van der Waals surface area (Å²) >= 11 is 1.66. The van der Waals surface area contributed by atoms with Crippen molar-refractivity contribution < 1.29 is 0 Å². The third kappa shape index (κ3) is 3.41. The Bertz CT molecular complexity index is 592. The third-order valence-electron chi connectivity index (χ3n) is 3.48. The number of aryl methyl sites for hydroxylation is 2. The fourth-order valence-corrected chi connectivity index (χ4v) is 2.93. The summed E-state index contributed by atoms with van der Waals surface area (Å²) < 4.78 is 2.01. The fourth-order valence-electron chi connectivity index (χ4n) is 1.97. The molecule has 0 spiro atoms. The van der Waals surface area contributed by atoms with Gasteiger partial charge in [-0.1, -0.05) is 24.6 Å². The second kappa shape index (κ2) is 6.41. The Labute approximate surface area is 124 Å². The van der Waals surface area contributed by atoms with Gasteiger partial charge in [0.25, 0.3) is 0 Å². The van der Waals surface area contributed by atoms with Crippen molar-refractivity contribution in [2.45, 2.75) is 49.7 Å². The Morgan fingerprint density at radius 3 is 2.65 bits per heavy atom. The van der Waals surface area contributed by atoms with Gasteiger partial charge < -0.3 is 10.3 Å². The summed E-state index contributed by atoms with van der Waals surface area (Å²) in [5, 5.41) is 9.24. The van der Waals surface area contributed by atoms with Crippen molar-refractivity contribution in [3.05, 3.63) is 35.2 Å². The van der Waals surface area contributed by atoms with Crippen LogP contribution in [0.15, 0.2) is 28.3 Å². The molecule has 0 aliphatic carbocycles. The van der Waals surface area contributed by atoms with E-state index < -0.39 is 0 Å². The molecule has 0 saturated heterocycles. The number of hydrogen-bond acceptors (Lipinski definition) is 4. The van der Waals surface area contributed by atoms with Crippen molar-refractivity contribution in [1.29, 1.82) is 0 Å². The maximum Gasteiger partial charge on any atom is 0.195 e. The van der Waals surface area contributed by atoms with Gasteiger partial charge in [-0.15, -0.1) is 10.2 Å². The van der Waals surface area contributed by atoms with Crippen LogP contribution in [0.5, 0.6) is 0 Å². The molecular formula is C15H22N4S. The van der Waals surface area contributed by atoms with E-state index in [-0.39, 0.29) is 6.04 Å². The first kappa shape index (κ1) is 15.1. The molecule has 0 radical (unpaired) electrons. The topological polar surface area (TPSA) is 56.7 Å². The summed E-state index contributed by atoms with van der Waals surface area (Å²) in [5.74, 6) is 0.923. The molecule has 4 nitrogen and oxygen atoms in total. The second-order valence-electron chi connectivity index (χ2n) is 5.17. The molecule has 1 aromatic heterocycles. The Morgan fingerprint density at radius 1 is 1.30 bits per heavy atom. The van der Waals surface area contributed by atoms with Crippen LogP contribution in [0, 0.1) is 13.8 Å². The Morgan fingerprint density at radius 2 is 2.05 bits per heavy atom. The predicted octanol–water partition coefficient (Wildman–Crippen LogP) is 2.86. The van der Waals surface area contributed by atoms with Gasteiger partial charge in [0.2, 0.25) is 0 Å². The van der Waals surface area contributed by atoms with E-state index in [1.807, 2.05) is 18.5 Å². The normalized spacial score (nSPS) is 12.7. The first-order valence-corrected chi connectivity index (χ1v) is 7.71. The van der Waals surface area contributed by atoms with Crippen LogP contribution in [-0.2, 0) is 13.5 Å². The van der Waals surface area contributed by atoms with Crippen molar-refractivity contribution >= 4 is 11.8 Å². The average Bonchev–Trinajstić information content (AvgIpc) is 2.73. The second-order valence-corrected chi connectivity index (χ2v) is 6.18. The highest BCUT2D eigenvalue weighted by Gasteiger charge is 2.12. The minimum absolute atomic E-state index is 0.206. The Hall–Kier alpha value is -1.33. The zero-order valence-corrected chi connectivity index (χ0v) is 13.4. The Kier molecular flexibility index (Phi) is 4.83. The summed E-state index contributed by atoms with van der Waals surface area (Å²) in [7, 11) is 1.99. The van der Waals surface area contributed by atoms with Crippen LogP contribution in [-0.4, -0.2) is 20.8 Å². The number of nitrogens with two attached hydrogens (primary N) is 1. The largest absolute Gasteiger partial charge is 0.327 e. The van der Waals surface area contributed by atoms with Crippen molar-refractivity contribution in [1.82, 2.24) is 14.8 Å². The number of rotatable bonds is 5. The van der Waals surface area contributed by atoms with Crippen LogP contribution in [0.1, 0.15) is 30.3 Å². The van der Waals surface area contributed by atoms with Crippen LogP contribution < -0.4 is 5.73 Å². The number of aromatic nitrogens is 3.